The lowest BCUT2D eigenvalue weighted by atomic mass is 10.6. The Bertz CT molecular complexity index is 393. The van der Waals surface area contributed by atoms with Crippen LogP contribution in [0.3, 0.4) is 0 Å². The molecule has 1 atom stereocenters. The van der Waals surface area contributed by atoms with E-state index in [4.69, 9.17) is 4.74 Å². The largest absolute Gasteiger partial charge is 0.510 e. The zero-order valence-corrected chi connectivity index (χ0v) is 6.84. The van der Waals surface area contributed by atoms with E-state index in [9.17, 15) is 9.59 Å². The summed E-state index contributed by atoms with van der Waals surface area (Å²) in [5.74, 6) is 0. The van der Waals surface area contributed by atoms with Crippen LogP contribution in [0.2, 0.25) is 0 Å². The Labute approximate surface area is 72.5 Å². The van der Waals surface area contributed by atoms with Gasteiger partial charge in [-0.25, -0.2) is 9.59 Å². The molecule has 2 rings (SSSR count). The number of carbonyl (C=O) groups excluding carboxylic acids is 1. The Kier molecular flexibility index (Phi) is 1.57. The summed E-state index contributed by atoms with van der Waals surface area (Å²) in [7, 11) is 1.63. The second-order valence-electron chi connectivity index (χ2n) is 2.58. The maximum absolute atomic E-state index is 11.1. The minimum Gasteiger partial charge on any atom is -0.428 e. The fourth-order valence-corrected chi connectivity index (χ4v) is 1.15. The van der Waals surface area contributed by atoms with Gasteiger partial charge in [0.15, 0.2) is 6.61 Å². The number of carbonyl (C=O) groups is 1. The summed E-state index contributed by atoms with van der Waals surface area (Å²) in [6, 6.07) is 0. The first-order valence-corrected chi connectivity index (χ1v) is 3.62. The van der Waals surface area contributed by atoms with Gasteiger partial charge in [0.1, 0.15) is 6.33 Å². The number of cyclic esters (lactones) is 2. The normalized spacial score (nSPS) is 21.3. The second kappa shape index (κ2) is 2.61. The first-order chi connectivity index (χ1) is 6.18. The van der Waals surface area contributed by atoms with Gasteiger partial charge in [-0.3, -0.25) is 4.68 Å². The van der Waals surface area contributed by atoms with Gasteiger partial charge in [-0.05, 0) is 0 Å². The fourth-order valence-electron chi connectivity index (χ4n) is 1.15. The van der Waals surface area contributed by atoms with Gasteiger partial charge in [0.25, 0.3) is 0 Å². The molecule has 7 nitrogen and oxygen atoms in total. The summed E-state index contributed by atoms with van der Waals surface area (Å²) >= 11 is 0. The van der Waals surface area contributed by atoms with Crippen LogP contribution in [0, 0.1) is 0 Å². The van der Waals surface area contributed by atoms with Crippen molar-refractivity contribution in [2.24, 2.45) is 7.05 Å². The van der Waals surface area contributed by atoms with Crippen LogP contribution in [-0.2, 0) is 16.5 Å². The molecule has 0 N–H and O–H groups in total. The van der Waals surface area contributed by atoms with Crippen molar-refractivity contribution in [1.29, 1.82) is 0 Å². The van der Waals surface area contributed by atoms with E-state index >= 15 is 0 Å². The van der Waals surface area contributed by atoms with Crippen molar-refractivity contribution in [2.45, 2.75) is 6.23 Å². The van der Waals surface area contributed by atoms with Crippen LogP contribution in [0.4, 0.5) is 4.79 Å². The molecule has 1 unspecified atom stereocenters. The minimum atomic E-state index is -0.766. The number of rotatable bonds is 1. The van der Waals surface area contributed by atoms with Crippen LogP contribution in [0.5, 0.6) is 0 Å². The van der Waals surface area contributed by atoms with E-state index < -0.39 is 18.1 Å². The molecular formula is C6H7N3O4. The molecule has 0 bridgehead atoms. The average Bonchev–Trinajstić information content (AvgIpc) is 2.60. The maximum atomic E-state index is 11.1. The van der Waals surface area contributed by atoms with Crippen molar-refractivity contribution < 1.29 is 14.3 Å². The molecule has 0 amide bonds. The van der Waals surface area contributed by atoms with Crippen molar-refractivity contribution in [3.05, 3.63) is 16.8 Å². The molecule has 1 fully saturated rings. The highest BCUT2D eigenvalue weighted by molar-refractivity contribution is 5.61. The predicted octanol–water partition coefficient (Wildman–Crippen LogP) is -0.753. The van der Waals surface area contributed by atoms with Crippen LogP contribution < -0.4 is 5.69 Å². The van der Waals surface area contributed by atoms with Crippen molar-refractivity contribution in [1.82, 2.24) is 14.3 Å². The van der Waals surface area contributed by atoms with Gasteiger partial charge in [0.05, 0.1) is 0 Å². The van der Waals surface area contributed by atoms with E-state index in [1.165, 1.54) is 15.7 Å². The molecule has 1 aromatic rings. The van der Waals surface area contributed by atoms with Crippen LogP contribution in [-0.4, -0.2) is 27.1 Å². The van der Waals surface area contributed by atoms with E-state index in [0.717, 1.165) is 0 Å². The van der Waals surface area contributed by atoms with E-state index in [-0.39, 0.29) is 6.61 Å². The molecule has 0 saturated carbocycles. The third kappa shape index (κ3) is 1.17. The summed E-state index contributed by atoms with van der Waals surface area (Å²) in [6.07, 6.45) is -0.125. The van der Waals surface area contributed by atoms with Gasteiger partial charge in [-0.1, -0.05) is 0 Å². The molecule has 7 heteroatoms. The monoisotopic (exact) mass is 185 g/mol. The number of aryl methyl sites for hydroxylation is 1. The fraction of sp³-hybridized carbons (Fsp3) is 0.500. The van der Waals surface area contributed by atoms with Gasteiger partial charge in [0, 0.05) is 7.05 Å². The molecule has 70 valence electrons. The summed E-state index contributed by atoms with van der Waals surface area (Å²) in [6.45, 7) is 0.0400. The van der Waals surface area contributed by atoms with E-state index in [2.05, 4.69) is 9.72 Å². The Morgan fingerprint density at radius 3 is 2.85 bits per heavy atom. The molecule has 0 radical (unpaired) electrons. The lowest BCUT2D eigenvalue weighted by molar-refractivity contribution is 0.0801. The molecule has 1 aromatic heterocycles. The zero-order valence-electron chi connectivity index (χ0n) is 6.84. The van der Waals surface area contributed by atoms with Crippen molar-refractivity contribution in [3.63, 3.8) is 0 Å². The third-order valence-electron chi connectivity index (χ3n) is 1.72. The first-order valence-electron chi connectivity index (χ1n) is 3.62. The molecule has 1 aliphatic rings. The summed E-state index contributed by atoms with van der Waals surface area (Å²) in [5.41, 5.74) is -0.467. The maximum Gasteiger partial charge on any atom is 0.510 e. The number of hydrogen-bond donors (Lipinski definition) is 0. The molecule has 0 aliphatic carbocycles. The van der Waals surface area contributed by atoms with Gasteiger partial charge in [0.2, 0.25) is 6.23 Å². The third-order valence-corrected chi connectivity index (χ3v) is 1.72. The molecule has 13 heavy (non-hydrogen) atoms. The molecule has 1 saturated heterocycles. The lowest BCUT2D eigenvalue weighted by Gasteiger charge is -2.08. The van der Waals surface area contributed by atoms with E-state index in [0.29, 0.717) is 0 Å². The van der Waals surface area contributed by atoms with Crippen molar-refractivity contribution >= 4 is 6.16 Å². The summed E-state index contributed by atoms with van der Waals surface area (Å²) < 4.78 is 11.9. The molecule has 0 aromatic carbocycles. The Morgan fingerprint density at radius 1 is 1.62 bits per heavy atom. The number of hydrogen-bond acceptors (Lipinski definition) is 5. The molecule has 1 aliphatic heterocycles. The second-order valence-corrected chi connectivity index (χ2v) is 2.58. The highest BCUT2D eigenvalue weighted by Gasteiger charge is 2.29. The molecule has 2 heterocycles. The topological polar surface area (TPSA) is 75.4 Å². The van der Waals surface area contributed by atoms with E-state index in [1.807, 2.05) is 0 Å². The number of nitrogens with zero attached hydrogens (tertiary/aromatic N) is 3. The Balaban J connectivity index is 2.35. The van der Waals surface area contributed by atoms with Gasteiger partial charge in [-0.2, -0.15) is 9.67 Å². The van der Waals surface area contributed by atoms with Crippen molar-refractivity contribution in [2.75, 3.05) is 6.61 Å². The number of aromatic nitrogens is 3. The van der Waals surface area contributed by atoms with Gasteiger partial charge < -0.3 is 9.47 Å². The summed E-state index contributed by atoms with van der Waals surface area (Å²) in [4.78, 5) is 25.2. The Hall–Kier alpha value is -1.79. The number of ether oxygens (including phenoxy) is 2. The SMILES string of the molecule is Cn1cnc(=O)n1C1COC(=O)O1. The first kappa shape index (κ1) is 7.84. The Morgan fingerprint density at radius 2 is 2.38 bits per heavy atom. The predicted molar refractivity (Wildman–Crippen MR) is 38.9 cm³/mol. The highest BCUT2D eigenvalue weighted by Crippen LogP contribution is 2.14. The van der Waals surface area contributed by atoms with Crippen molar-refractivity contribution in [3.8, 4) is 0 Å². The minimum absolute atomic E-state index is 0.0400. The highest BCUT2D eigenvalue weighted by atomic mass is 16.8. The molecule has 0 spiro atoms. The van der Waals surface area contributed by atoms with Crippen LogP contribution in [0.1, 0.15) is 6.23 Å². The van der Waals surface area contributed by atoms with Crippen LogP contribution >= 0.6 is 0 Å². The quantitative estimate of drug-likeness (QED) is 0.538. The van der Waals surface area contributed by atoms with Gasteiger partial charge >= 0.3 is 11.8 Å². The average molecular weight is 185 g/mol. The standard InChI is InChI=1S/C6H7N3O4/c1-8-3-7-5(10)9(8)4-2-12-6(11)13-4/h3-4H,2H2,1H3. The zero-order chi connectivity index (χ0) is 9.42. The van der Waals surface area contributed by atoms with Crippen LogP contribution in [0.15, 0.2) is 11.1 Å². The van der Waals surface area contributed by atoms with Crippen LogP contribution in [0.25, 0.3) is 0 Å². The molecular weight excluding hydrogens is 178 g/mol. The smallest absolute Gasteiger partial charge is 0.428 e. The summed E-state index contributed by atoms with van der Waals surface area (Å²) in [5, 5.41) is 0. The van der Waals surface area contributed by atoms with E-state index in [1.54, 1.807) is 7.05 Å². The van der Waals surface area contributed by atoms with Gasteiger partial charge in [-0.15, -0.1) is 0 Å². The lowest BCUT2D eigenvalue weighted by Crippen LogP contribution is -2.28.